The molecular formula is C13H18N4S. The first-order chi connectivity index (χ1) is 8.72. The van der Waals surface area contributed by atoms with Crippen molar-refractivity contribution in [2.45, 2.75) is 26.9 Å². The number of nitrogens with two attached hydrogens (primary N) is 1. The van der Waals surface area contributed by atoms with E-state index in [1.807, 2.05) is 30.5 Å². The summed E-state index contributed by atoms with van der Waals surface area (Å²) in [5, 5.41) is 3.03. The van der Waals surface area contributed by atoms with Gasteiger partial charge in [-0.25, -0.2) is 4.98 Å². The highest BCUT2D eigenvalue weighted by atomic mass is 32.1. The van der Waals surface area contributed by atoms with E-state index >= 15 is 0 Å². The second-order valence-electron chi connectivity index (χ2n) is 4.11. The summed E-state index contributed by atoms with van der Waals surface area (Å²) in [7, 11) is 0. The molecule has 2 rings (SSSR count). The number of aryl methyl sites for hydroxylation is 1. The van der Waals surface area contributed by atoms with Crippen molar-refractivity contribution in [2.75, 3.05) is 11.4 Å². The molecule has 96 valence electrons. The van der Waals surface area contributed by atoms with Crippen molar-refractivity contribution in [1.82, 2.24) is 9.97 Å². The minimum atomic E-state index is 0.497. The predicted octanol–water partition coefficient (Wildman–Crippen LogP) is 2.33. The molecule has 0 bridgehead atoms. The SMILES string of the molecule is CCN(Cc1cccc(C)n1)c1nc(CN)cs1. The van der Waals surface area contributed by atoms with Gasteiger partial charge >= 0.3 is 0 Å². The smallest absolute Gasteiger partial charge is 0.185 e. The molecule has 0 saturated heterocycles. The molecule has 0 atom stereocenters. The third kappa shape index (κ3) is 3.05. The summed E-state index contributed by atoms with van der Waals surface area (Å²) < 4.78 is 0. The summed E-state index contributed by atoms with van der Waals surface area (Å²) in [5.41, 5.74) is 8.66. The Hall–Kier alpha value is -1.46. The van der Waals surface area contributed by atoms with Gasteiger partial charge in [-0.3, -0.25) is 4.98 Å². The Morgan fingerprint density at radius 1 is 1.28 bits per heavy atom. The van der Waals surface area contributed by atoms with E-state index < -0.39 is 0 Å². The van der Waals surface area contributed by atoms with E-state index in [4.69, 9.17) is 5.73 Å². The number of hydrogen-bond acceptors (Lipinski definition) is 5. The Balaban J connectivity index is 2.14. The van der Waals surface area contributed by atoms with E-state index in [0.29, 0.717) is 6.54 Å². The standard InChI is InChI=1S/C13H18N4S/c1-3-17(13-16-12(7-14)9-18-13)8-11-6-4-5-10(2)15-11/h4-6,9H,3,7-8,14H2,1-2H3. The van der Waals surface area contributed by atoms with Gasteiger partial charge in [0, 0.05) is 24.2 Å². The van der Waals surface area contributed by atoms with Crippen molar-refractivity contribution in [1.29, 1.82) is 0 Å². The third-order valence-electron chi connectivity index (χ3n) is 2.70. The Kier molecular flexibility index (Phi) is 4.28. The summed E-state index contributed by atoms with van der Waals surface area (Å²) >= 11 is 1.64. The lowest BCUT2D eigenvalue weighted by atomic mass is 10.3. The molecule has 0 unspecified atom stereocenters. The molecule has 0 aliphatic heterocycles. The predicted molar refractivity (Wildman–Crippen MR) is 75.7 cm³/mol. The average molecular weight is 262 g/mol. The van der Waals surface area contributed by atoms with Crippen molar-refractivity contribution in [3.8, 4) is 0 Å². The molecule has 2 N–H and O–H groups in total. The van der Waals surface area contributed by atoms with Crippen molar-refractivity contribution >= 4 is 16.5 Å². The normalized spacial score (nSPS) is 10.6. The Morgan fingerprint density at radius 3 is 2.72 bits per heavy atom. The zero-order valence-electron chi connectivity index (χ0n) is 10.8. The van der Waals surface area contributed by atoms with E-state index in [2.05, 4.69) is 21.8 Å². The lowest BCUT2D eigenvalue weighted by molar-refractivity contribution is 0.797. The third-order valence-corrected chi connectivity index (χ3v) is 3.65. The lowest BCUT2D eigenvalue weighted by Gasteiger charge is -2.19. The Morgan fingerprint density at radius 2 is 2.11 bits per heavy atom. The number of aromatic nitrogens is 2. The first-order valence-corrected chi connectivity index (χ1v) is 6.93. The highest BCUT2D eigenvalue weighted by molar-refractivity contribution is 7.13. The van der Waals surface area contributed by atoms with Crippen LogP contribution >= 0.6 is 11.3 Å². The molecule has 4 nitrogen and oxygen atoms in total. The maximum Gasteiger partial charge on any atom is 0.185 e. The molecular weight excluding hydrogens is 244 g/mol. The molecule has 2 aromatic heterocycles. The van der Waals surface area contributed by atoms with E-state index in [-0.39, 0.29) is 0 Å². The van der Waals surface area contributed by atoms with Crippen molar-refractivity contribution in [3.05, 3.63) is 40.7 Å². The van der Waals surface area contributed by atoms with E-state index in [1.54, 1.807) is 11.3 Å². The van der Waals surface area contributed by atoms with Gasteiger partial charge in [0.1, 0.15) is 0 Å². The minimum Gasteiger partial charge on any atom is -0.342 e. The summed E-state index contributed by atoms with van der Waals surface area (Å²) in [5.74, 6) is 0. The second-order valence-corrected chi connectivity index (χ2v) is 4.95. The second kappa shape index (κ2) is 5.93. The molecule has 0 radical (unpaired) electrons. The number of anilines is 1. The van der Waals surface area contributed by atoms with Crippen LogP contribution in [0.2, 0.25) is 0 Å². The van der Waals surface area contributed by atoms with E-state index in [0.717, 1.165) is 35.3 Å². The molecule has 0 saturated carbocycles. The van der Waals surface area contributed by atoms with Crippen LogP contribution in [-0.4, -0.2) is 16.5 Å². The van der Waals surface area contributed by atoms with Gasteiger partial charge in [0.15, 0.2) is 5.13 Å². The highest BCUT2D eigenvalue weighted by Crippen LogP contribution is 2.21. The summed E-state index contributed by atoms with van der Waals surface area (Å²) in [4.78, 5) is 11.2. The monoisotopic (exact) mass is 262 g/mol. The number of nitrogens with zero attached hydrogens (tertiary/aromatic N) is 3. The molecule has 0 aliphatic rings. The van der Waals surface area contributed by atoms with Crippen LogP contribution < -0.4 is 10.6 Å². The zero-order chi connectivity index (χ0) is 13.0. The van der Waals surface area contributed by atoms with Crippen molar-refractivity contribution in [3.63, 3.8) is 0 Å². The van der Waals surface area contributed by atoms with Crippen LogP contribution in [0.5, 0.6) is 0 Å². The quantitative estimate of drug-likeness (QED) is 0.898. The van der Waals surface area contributed by atoms with Gasteiger partial charge in [0.2, 0.25) is 0 Å². The summed E-state index contributed by atoms with van der Waals surface area (Å²) in [6.45, 7) is 6.33. The molecule has 2 aromatic rings. The molecule has 0 aromatic carbocycles. The van der Waals surface area contributed by atoms with Crippen LogP contribution in [-0.2, 0) is 13.1 Å². The van der Waals surface area contributed by atoms with Crippen LogP contribution in [0.15, 0.2) is 23.6 Å². The number of thiazole rings is 1. The van der Waals surface area contributed by atoms with Crippen molar-refractivity contribution in [2.24, 2.45) is 5.73 Å². The summed E-state index contributed by atoms with van der Waals surface area (Å²) in [6.07, 6.45) is 0. The fourth-order valence-electron chi connectivity index (χ4n) is 1.73. The van der Waals surface area contributed by atoms with Gasteiger partial charge in [-0.15, -0.1) is 11.3 Å². The fraction of sp³-hybridized carbons (Fsp3) is 0.385. The van der Waals surface area contributed by atoms with Gasteiger partial charge in [-0.05, 0) is 26.0 Å². The van der Waals surface area contributed by atoms with Crippen LogP contribution in [0.4, 0.5) is 5.13 Å². The maximum absolute atomic E-state index is 5.59. The van der Waals surface area contributed by atoms with Gasteiger partial charge in [0.25, 0.3) is 0 Å². The lowest BCUT2D eigenvalue weighted by Crippen LogP contribution is -2.22. The number of hydrogen-bond donors (Lipinski definition) is 1. The van der Waals surface area contributed by atoms with Crippen LogP contribution in [0.25, 0.3) is 0 Å². The Bertz CT molecular complexity index is 509. The van der Waals surface area contributed by atoms with Crippen LogP contribution in [0, 0.1) is 6.92 Å². The molecule has 5 heteroatoms. The van der Waals surface area contributed by atoms with E-state index in [1.165, 1.54) is 0 Å². The van der Waals surface area contributed by atoms with Gasteiger partial charge in [-0.1, -0.05) is 6.07 Å². The van der Waals surface area contributed by atoms with Crippen LogP contribution in [0.3, 0.4) is 0 Å². The molecule has 0 fully saturated rings. The molecule has 2 heterocycles. The fourth-order valence-corrected chi connectivity index (χ4v) is 2.64. The minimum absolute atomic E-state index is 0.497. The van der Waals surface area contributed by atoms with Gasteiger partial charge in [-0.2, -0.15) is 0 Å². The average Bonchev–Trinajstić information content (AvgIpc) is 2.84. The number of rotatable bonds is 5. The largest absolute Gasteiger partial charge is 0.342 e. The highest BCUT2D eigenvalue weighted by Gasteiger charge is 2.10. The molecule has 0 aliphatic carbocycles. The van der Waals surface area contributed by atoms with Crippen LogP contribution in [0.1, 0.15) is 24.0 Å². The van der Waals surface area contributed by atoms with Crippen molar-refractivity contribution < 1.29 is 0 Å². The zero-order valence-corrected chi connectivity index (χ0v) is 11.6. The first-order valence-electron chi connectivity index (χ1n) is 6.05. The maximum atomic E-state index is 5.59. The topological polar surface area (TPSA) is 55.0 Å². The molecule has 0 spiro atoms. The first kappa shape index (κ1) is 13.0. The molecule has 18 heavy (non-hydrogen) atoms. The number of pyridine rings is 1. The Labute approximate surface area is 111 Å². The molecule has 0 amide bonds. The van der Waals surface area contributed by atoms with Gasteiger partial charge < -0.3 is 10.6 Å². The summed E-state index contributed by atoms with van der Waals surface area (Å²) in [6, 6.07) is 6.10. The van der Waals surface area contributed by atoms with Gasteiger partial charge in [0.05, 0.1) is 17.9 Å². The van der Waals surface area contributed by atoms with E-state index in [9.17, 15) is 0 Å².